The molecule has 0 aromatic rings. The molecule has 0 aliphatic rings. The summed E-state index contributed by atoms with van der Waals surface area (Å²) in [6.45, 7) is 11.8. The smallest absolute Gasteiger partial charge is 0.333 e. The fourth-order valence-electron chi connectivity index (χ4n) is 5.13. The van der Waals surface area contributed by atoms with Crippen molar-refractivity contribution in [3.05, 3.63) is 12.2 Å². The van der Waals surface area contributed by atoms with Crippen LogP contribution < -0.4 is 12.4 Å². The molecular formula is C32H64ClNO2. The van der Waals surface area contributed by atoms with Crippen LogP contribution in [0.4, 0.5) is 0 Å². The maximum atomic E-state index is 11.8. The molecule has 0 fully saturated rings. The van der Waals surface area contributed by atoms with E-state index in [9.17, 15) is 4.79 Å². The molecule has 0 heterocycles. The Bertz CT molecular complexity index is 506. The zero-order valence-electron chi connectivity index (χ0n) is 25.2. The highest BCUT2D eigenvalue weighted by atomic mass is 35.5. The number of halogens is 1. The van der Waals surface area contributed by atoms with Crippen molar-refractivity contribution in [2.45, 2.75) is 162 Å². The molecule has 0 saturated heterocycles. The van der Waals surface area contributed by atoms with Crippen LogP contribution in [0.25, 0.3) is 0 Å². The standard InChI is InChI=1S/C32H64NO2.ClH/c1-7-9-11-13-15-17-19-21-23-25-28-33(5,6)31(27-29-35-32(34)30(3)4)26-24-22-20-18-16-14-12-10-8-2;/h31H,3,7-29H2,1-2,4-6H3;1H/q+1;/p-1. The van der Waals surface area contributed by atoms with Gasteiger partial charge in [0, 0.05) is 12.0 Å². The summed E-state index contributed by atoms with van der Waals surface area (Å²) in [6.07, 6.45) is 28.4. The van der Waals surface area contributed by atoms with E-state index in [-0.39, 0.29) is 18.4 Å². The summed E-state index contributed by atoms with van der Waals surface area (Å²) in [5, 5.41) is 0. The molecule has 3 nitrogen and oxygen atoms in total. The van der Waals surface area contributed by atoms with E-state index in [4.69, 9.17) is 4.74 Å². The van der Waals surface area contributed by atoms with Crippen molar-refractivity contribution in [3.8, 4) is 0 Å². The second-order valence-electron chi connectivity index (χ2n) is 11.7. The van der Waals surface area contributed by atoms with Crippen LogP contribution in [0, 0.1) is 0 Å². The third-order valence-electron chi connectivity index (χ3n) is 7.75. The topological polar surface area (TPSA) is 26.3 Å². The van der Waals surface area contributed by atoms with E-state index in [0.717, 1.165) is 10.9 Å². The predicted octanol–water partition coefficient (Wildman–Crippen LogP) is 6.79. The molecule has 0 aromatic carbocycles. The Morgan fingerprint density at radius 1 is 0.667 bits per heavy atom. The molecular weight excluding hydrogens is 466 g/mol. The van der Waals surface area contributed by atoms with Crippen LogP contribution in [-0.2, 0) is 9.53 Å². The Balaban J connectivity index is 0. The molecule has 0 aliphatic heterocycles. The third kappa shape index (κ3) is 22.6. The molecule has 0 saturated carbocycles. The number of carbonyl (C=O) groups is 1. The molecule has 1 atom stereocenters. The lowest BCUT2D eigenvalue weighted by Crippen LogP contribution is -3.00. The number of unbranched alkanes of at least 4 members (excludes halogenated alkanes) is 17. The molecule has 0 amide bonds. The minimum absolute atomic E-state index is 0. The lowest BCUT2D eigenvalue weighted by molar-refractivity contribution is -0.916. The van der Waals surface area contributed by atoms with E-state index in [0.29, 0.717) is 18.2 Å². The summed E-state index contributed by atoms with van der Waals surface area (Å²) >= 11 is 0. The number of rotatable bonds is 26. The molecule has 0 aromatic heterocycles. The van der Waals surface area contributed by atoms with Crippen molar-refractivity contribution in [1.82, 2.24) is 0 Å². The first kappa shape index (κ1) is 37.6. The van der Waals surface area contributed by atoms with Crippen molar-refractivity contribution in [2.24, 2.45) is 0 Å². The maximum absolute atomic E-state index is 11.8. The normalized spacial score (nSPS) is 12.2. The highest BCUT2D eigenvalue weighted by Crippen LogP contribution is 2.21. The molecule has 0 aliphatic carbocycles. The number of carbonyl (C=O) groups excluding carboxylic acids is 1. The molecule has 1 unspecified atom stereocenters. The summed E-state index contributed by atoms with van der Waals surface area (Å²) in [4.78, 5) is 11.8. The first-order valence-electron chi connectivity index (χ1n) is 15.5. The Hall–Kier alpha value is -0.540. The SMILES string of the molecule is C=C(C)C(=O)OCCC(CCCCCCCCCCC)[N+](C)(C)CCCCCCCCCCCC.[Cl-]. The minimum Gasteiger partial charge on any atom is -1.00 e. The van der Waals surface area contributed by atoms with Crippen LogP contribution in [0.5, 0.6) is 0 Å². The second-order valence-corrected chi connectivity index (χ2v) is 11.7. The first-order chi connectivity index (χ1) is 16.8. The highest BCUT2D eigenvalue weighted by Gasteiger charge is 2.27. The molecule has 4 heteroatoms. The quantitative estimate of drug-likeness (QED) is 0.0533. The van der Waals surface area contributed by atoms with Crippen molar-refractivity contribution in [3.63, 3.8) is 0 Å². The average Bonchev–Trinajstić information content (AvgIpc) is 2.82. The Labute approximate surface area is 233 Å². The van der Waals surface area contributed by atoms with E-state index in [2.05, 4.69) is 34.5 Å². The molecule has 0 radical (unpaired) electrons. The van der Waals surface area contributed by atoms with Gasteiger partial charge in [-0.3, -0.25) is 0 Å². The van der Waals surface area contributed by atoms with Crippen LogP contribution in [0.3, 0.4) is 0 Å². The van der Waals surface area contributed by atoms with E-state index in [1.54, 1.807) is 6.92 Å². The Kier molecular flexibility index (Phi) is 27.2. The van der Waals surface area contributed by atoms with Crippen molar-refractivity contribution in [2.75, 3.05) is 27.2 Å². The van der Waals surface area contributed by atoms with E-state index in [1.807, 2.05) is 0 Å². The maximum Gasteiger partial charge on any atom is 0.333 e. The van der Waals surface area contributed by atoms with Gasteiger partial charge in [-0.05, 0) is 32.6 Å². The van der Waals surface area contributed by atoms with Crippen LogP contribution >= 0.6 is 0 Å². The van der Waals surface area contributed by atoms with Crippen LogP contribution in [0.1, 0.15) is 156 Å². The van der Waals surface area contributed by atoms with E-state index < -0.39 is 0 Å². The minimum atomic E-state index is -0.244. The second kappa shape index (κ2) is 26.1. The summed E-state index contributed by atoms with van der Waals surface area (Å²) in [7, 11) is 4.79. The van der Waals surface area contributed by atoms with Gasteiger partial charge in [0.05, 0.1) is 33.3 Å². The van der Waals surface area contributed by atoms with Gasteiger partial charge in [0.25, 0.3) is 0 Å². The summed E-state index contributed by atoms with van der Waals surface area (Å²) in [5.74, 6) is -0.244. The van der Waals surface area contributed by atoms with Gasteiger partial charge in [-0.15, -0.1) is 0 Å². The van der Waals surface area contributed by atoms with Gasteiger partial charge in [-0.25, -0.2) is 4.79 Å². The third-order valence-corrected chi connectivity index (χ3v) is 7.75. The number of ether oxygens (including phenoxy) is 1. The van der Waals surface area contributed by atoms with E-state index in [1.165, 1.54) is 135 Å². The summed E-state index contributed by atoms with van der Waals surface area (Å²) in [5.41, 5.74) is 0.500. The Morgan fingerprint density at radius 3 is 1.47 bits per heavy atom. The predicted molar refractivity (Wildman–Crippen MR) is 155 cm³/mol. The number of nitrogens with zero attached hydrogens (tertiary/aromatic N) is 1. The van der Waals surface area contributed by atoms with Gasteiger partial charge >= 0.3 is 5.97 Å². The largest absolute Gasteiger partial charge is 1.00 e. The summed E-state index contributed by atoms with van der Waals surface area (Å²) < 4.78 is 6.53. The first-order valence-corrected chi connectivity index (χ1v) is 15.5. The van der Waals surface area contributed by atoms with Gasteiger partial charge in [0.2, 0.25) is 0 Å². The van der Waals surface area contributed by atoms with Crippen LogP contribution in [0.15, 0.2) is 12.2 Å². The fourth-order valence-corrected chi connectivity index (χ4v) is 5.13. The molecule has 216 valence electrons. The van der Waals surface area contributed by atoms with Crippen molar-refractivity contribution >= 4 is 5.97 Å². The lowest BCUT2D eigenvalue weighted by Gasteiger charge is -2.38. The van der Waals surface area contributed by atoms with E-state index >= 15 is 0 Å². The molecule has 36 heavy (non-hydrogen) atoms. The number of quaternary nitrogens is 1. The van der Waals surface area contributed by atoms with Crippen LogP contribution in [0.2, 0.25) is 0 Å². The number of esters is 1. The summed E-state index contributed by atoms with van der Waals surface area (Å²) in [6, 6.07) is 0.566. The lowest BCUT2D eigenvalue weighted by atomic mass is 10.00. The number of hydrogen-bond donors (Lipinski definition) is 0. The van der Waals surface area contributed by atoms with Gasteiger partial charge in [0.15, 0.2) is 0 Å². The van der Waals surface area contributed by atoms with Crippen molar-refractivity contribution in [1.29, 1.82) is 0 Å². The van der Waals surface area contributed by atoms with Gasteiger partial charge < -0.3 is 21.6 Å². The van der Waals surface area contributed by atoms with Gasteiger partial charge in [-0.1, -0.05) is 123 Å². The Morgan fingerprint density at radius 2 is 1.06 bits per heavy atom. The highest BCUT2D eigenvalue weighted by molar-refractivity contribution is 5.86. The average molecular weight is 530 g/mol. The molecule has 0 N–H and O–H groups in total. The number of hydrogen-bond acceptors (Lipinski definition) is 2. The molecule has 0 rings (SSSR count). The van der Waals surface area contributed by atoms with Crippen LogP contribution in [-0.4, -0.2) is 43.7 Å². The van der Waals surface area contributed by atoms with Gasteiger partial charge in [-0.2, -0.15) is 0 Å². The van der Waals surface area contributed by atoms with Gasteiger partial charge in [0.1, 0.15) is 0 Å². The molecule has 0 spiro atoms. The fraction of sp³-hybridized carbons (Fsp3) is 0.906. The molecule has 0 bridgehead atoms. The zero-order chi connectivity index (χ0) is 26.2. The zero-order valence-corrected chi connectivity index (χ0v) is 25.9. The monoisotopic (exact) mass is 529 g/mol. The van der Waals surface area contributed by atoms with Crippen molar-refractivity contribution < 1.29 is 26.4 Å².